The number of anilines is 1. The number of ether oxygens (including phenoxy) is 1. The summed E-state index contributed by atoms with van der Waals surface area (Å²) in [5.74, 6) is 0.836. The van der Waals surface area contributed by atoms with Crippen molar-refractivity contribution in [2.24, 2.45) is 0 Å². The second-order valence-electron chi connectivity index (χ2n) is 9.45. The predicted molar refractivity (Wildman–Crippen MR) is 145 cm³/mol. The van der Waals surface area contributed by atoms with E-state index >= 15 is 0 Å². The van der Waals surface area contributed by atoms with Crippen molar-refractivity contribution in [3.05, 3.63) is 52.6 Å². The molecule has 1 N–H and O–H groups in total. The van der Waals surface area contributed by atoms with Gasteiger partial charge in [0.2, 0.25) is 5.88 Å². The van der Waals surface area contributed by atoms with Gasteiger partial charge in [-0.2, -0.15) is 0 Å². The molecule has 5 rings (SSSR count). The number of hydrogen-bond acceptors (Lipinski definition) is 11. The van der Waals surface area contributed by atoms with E-state index in [2.05, 4.69) is 30.2 Å². The first kappa shape index (κ1) is 26.6. The minimum absolute atomic E-state index is 0.00282. The lowest BCUT2D eigenvalue weighted by molar-refractivity contribution is 0.397. The minimum Gasteiger partial charge on any atom is -0.480 e. The molecule has 0 spiro atoms. The van der Waals surface area contributed by atoms with Gasteiger partial charge in [-0.3, -0.25) is 14.3 Å². The molecule has 0 aromatic carbocycles. The average molecular weight is 551 g/mol. The molecule has 1 aliphatic rings. The molecule has 0 bridgehead atoms. The maximum Gasteiger partial charge on any atom is 0.295 e. The van der Waals surface area contributed by atoms with Gasteiger partial charge >= 0.3 is 0 Å². The van der Waals surface area contributed by atoms with Crippen LogP contribution in [0, 0.1) is 0 Å². The summed E-state index contributed by atoms with van der Waals surface area (Å²) in [6, 6.07) is 2.95. The molecule has 0 radical (unpaired) electrons. The summed E-state index contributed by atoms with van der Waals surface area (Å²) in [6.45, 7) is 5.69. The van der Waals surface area contributed by atoms with Crippen molar-refractivity contribution in [1.29, 1.82) is 0 Å². The van der Waals surface area contributed by atoms with E-state index in [1.165, 1.54) is 18.6 Å². The first-order valence-corrected chi connectivity index (χ1v) is 14.5. The Kier molecular flexibility index (Phi) is 7.25. The number of nitrogens with one attached hydrogen (secondary N) is 1. The predicted octanol–water partition coefficient (Wildman–Crippen LogP) is 3.30. The van der Waals surface area contributed by atoms with Crippen LogP contribution in [0.5, 0.6) is 5.88 Å². The first-order valence-electron chi connectivity index (χ1n) is 12.9. The molecule has 1 saturated carbocycles. The Bertz CT molecular complexity index is 1690. The SMILES string of the molecule is CC[C@H](C)n1c(=O)c(NCc2ccc(S(=O)(=O)CC)cn2)nc2ncc(-c3c(OC)ncnc3C3CC3)nc21. The highest BCUT2D eigenvalue weighted by Gasteiger charge is 2.31. The highest BCUT2D eigenvalue weighted by Crippen LogP contribution is 2.45. The molecule has 4 aromatic rings. The zero-order valence-electron chi connectivity index (χ0n) is 22.2. The number of fused-ring (bicyclic) bond motifs is 1. The zero-order valence-corrected chi connectivity index (χ0v) is 23.1. The van der Waals surface area contributed by atoms with E-state index in [1.807, 2.05) is 13.8 Å². The normalized spacial score (nSPS) is 14.4. The second-order valence-corrected chi connectivity index (χ2v) is 11.7. The van der Waals surface area contributed by atoms with Crippen LogP contribution in [0.1, 0.15) is 63.4 Å². The number of pyridine rings is 1. The first-order chi connectivity index (χ1) is 18.8. The largest absolute Gasteiger partial charge is 0.480 e. The molecule has 0 amide bonds. The summed E-state index contributed by atoms with van der Waals surface area (Å²) in [6.07, 6.45) is 7.18. The highest BCUT2D eigenvalue weighted by atomic mass is 32.2. The van der Waals surface area contributed by atoms with Gasteiger partial charge in [0, 0.05) is 18.2 Å². The maximum atomic E-state index is 13.6. The fraction of sp³-hybridized carbons (Fsp3) is 0.423. The van der Waals surface area contributed by atoms with Crippen LogP contribution in [-0.4, -0.2) is 55.8 Å². The van der Waals surface area contributed by atoms with Gasteiger partial charge in [-0.25, -0.2) is 33.3 Å². The number of rotatable bonds is 10. The molecule has 4 heterocycles. The van der Waals surface area contributed by atoms with Crippen LogP contribution in [0.2, 0.25) is 0 Å². The molecule has 4 aromatic heterocycles. The van der Waals surface area contributed by atoms with Gasteiger partial charge < -0.3 is 10.1 Å². The molecule has 1 aliphatic carbocycles. The third-order valence-electron chi connectivity index (χ3n) is 6.86. The average Bonchev–Trinajstić information content (AvgIpc) is 3.81. The summed E-state index contributed by atoms with van der Waals surface area (Å²) in [7, 11) is -1.79. The fourth-order valence-electron chi connectivity index (χ4n) is 4.29. The standard InChI is InChI=1S/C26H30N8O4S/c1-5-15(3)34-24-22(29-13-19(32-24)20-21(16-7-8-16)30-14-31-25(20)38-4)33-23(26(34)35)28-11-17-9-10-18(12-27-17)39(36,37)6-2/h9-10,12-16H,5-8,11H2,1-4H3,(H,28,29,33)/t15-/m0/s1. The van der Waals surface area contributed by atoms with Crippen LogP contribution in [0.15, 0.2) is 40.5 Å². The molecule has 12 nitrogen and oxygen atoms in total. The molecule has 0 unspecified atom stereocenters. The topological polar surface area (TPSA) is 155 Å². The van der Waals surface area contributed by atoms with Gasteiger partial charge in [0.25, 0.3) is 5.56 Å². The number of methoxy groups -OCH3 is 1. The second kappa shape index (κ2) is 10.6. The van der Waals surface area contributed by atoms with Crippen LogP contribution in [0.25, 0.3) is 22.6 Å². The van der Waals surface area contributed by atoms with Gasteiger partial charge in [-0.15, -0.1) is 0 Å². The smallest absolute Gasteiger partial charge is 0.295 e. The Morgan fingerprint density at radius 1 is 1.10 bits per heavy atom. The van der Waals surface area contributed by atoms with Crippen molar-refractivity contribution < 1.29 is 13.2 Å². The Morgan fingerprint density at radius 3 is 2.54 bits per heavy atom. The third-order valence-corrected chi connectivity index (χ3v) is 8.58. The van der Waals surface area contributed by atoms with E-state index in [9.17, 15) is 13.2 Å². The summed E-state index contributed by atoms with van der Waals surface area (Å²) in [4.78, 5) is 40.7. The van der Waals surface area contributed by atoms with Crippen LogP contribution in [0.4, 0.5) is 5.82 Å². The summed E-state index contributed by atoms with van der Waals surface area (Å²) >= 11 is 0. The van der Waals surface area contributed by atoms with Crippen LogP contribution in [-0.2, 0) is 16.4 Å². The van der Waals surface area contributed by atoms with Gasteiger partial charge in [0.15, 0.2) is 26.9 Å². The lowest BCUT2D eigenvalue weighted by atomic mass is 10.1. The maximum absolute atomic E-state index is 13.6. The van der Waals surface area contributed by atoms with E-state index in [4.69, 9.17) is 9.72 Å². The van der Waals surface area contributed by atoms with E-state index < -0.39 is 9.84 Å². The Balaban J connectivity index is 1.54. The molecule has 13 heteroatoms. The Morgan fingerprint density at radius 2 is 1.90 bits per heavy atom. The van der Waals surface area contributed by atoms with Crippen molar-refractivity contribution in [3.63, 3.8) is 0 Å². The lowest BCUT2D eigenvalue weighted by Gasteiger charge is -2.18. The van der Waals surface area contributed by atoms with Crippen LogP contribution < -0.4 is 15.6 Å². The lowest BCUT2D eigenvalue weighted by Crippen LogP contribution is -2.28. The molecule has 0 aliphatic heterocycles. The zero-order chi connectivity index (χ0) is 27.7. The summed E-state index contributed by atoms with van der Waals surface area (Å²) < 4.78 is 31.2. The van der Waals surface area contributed by atoms with E-state index in [-0.39, 0.29) is 34.6 Å². The van der Waals surface area contributed by atoms with Crippen molar-refractivity contribution in [2.75, 3.05) is 18.2 Å². The molecule has 1 atom stereocenters. The molecule has 0 saturated heterocycles. The summed E-state index contributed by atoms with van der Waals surface area (Å²) in [5.41, 5.74) is 2.96. The molecular weight excluding hydrogens is 520 g/mol. The van der Waals surface area contributed by atoms with Crippen molar-refractivity contribution in [2.45, 2.75) is 63.4 Å². The summed E-state index contributed by atoms with van der Waals surface area (Å²) in [5, 5.41) is 3.05. The van der Waals surface area contributed by atoms with Gasteiger partial charge in [0.1, 0.15) is 6.33 Å². The molecule has 204 valence electrons. The molecular formula is C26H30N8O4S. The Labute approximate surface area is 225 Å². The highest BCUT2D eigenvalue weighted by molar-refractivity contribution is 7.91. The fourth-order valence-corrected chi connectivity index (χ4v) is 5.11. The van der Waals surface area contributed by atoms with Gasteiger partial charge in [-0.05, 0) is 38.3 Å². The number of nitrogens with zero attached hydrogens (tertiary/aromatic N) is 7. The third kappa shape index (κ3) is 5.18. The number of aromatic nitrogens is 7. The van der Waals surface area contributed by atoms with E-state index in [1.54, 1.807) is 30.9 Å². The van der Waals surface area contributed by atoms with Crippen molar-refractivity contribution in [1.82, 2.24) is 34.5 Å². The van der Waals surface area contributed by atoms with Gasteiger partial charge in [0.05, 0.1) is 53.1 Å². The van der Waals surface area contributed by atoms with Crippen LogP contribution >= 0.6 is 0 Å². The van der Waals surface area contributed by atoms with Crippen LogP contribution in [0.3, 0.4) is 0 Å². The van der Waals surface area contributed by atoms with Gasteiger partial charge in [-0.1, -0.05) is 13.8 Å². The van der Waals surface area contributed by atoms with E-state index in [0.717, 1.165) is 18.5 Å². The number of sulfone groups is 1. The quantitative estimate of drug-likeness (QED) is 0.309. The molecule has 39 heavy (non-hydrogen) atoms. The van der Waals surface area contributed by atoms with Crippen molar-refractivity contribution >= 4 is 26.9 Å². The monoisotopic (exact) mass is 550 g/mol. The van der Waals surface area contributed by atoms with Crippen molar-refractivity contribution in [3.8, 4) is 17.1 Å². The number of hydrogen-bond donors (Lipinski definition) is 1. The van der Waals surface area contributed by atoms with E-state index in [0.29, 0.717) is 46.5 Å². The molecule has 1 fully saturated rings. The minimum atomic E-state index is -3.34. The Hall–Kier alpha value is -4.00.